The van der Waals surface area contributed by atoms with E-state index >= 15 is 0 Å². The van der Waals surface area contributed by atoms with Crippen LogP contribution < -0.4 is 0 Å². The molecular weight excluding hydrogens is 340 g/mol. The maximum absolute atomic E-state index is 11.8. The number of hydrogen-bond donors (Lipinski definition) is 1. The maximum atomic E-state index is 11.8. The van der Waals surface area contributed by atoms with Gasteiger partial charge >= 0.3 is 6.09 Å². The molecule has 0 bridgehead atoms. The Labute approximate surface area is 163 Å². The predicted molar refractivity (Wildman–Crippen MR) is 107 cm³/mol. The minimum Gasteiger partial charge on any atom is -0.465 e. The highest BCUT2D eigenvalue weighted by atomic mass is 16.5. The molecule has 0 aromatic heterocycles. The number of likely N-dealkylation sites (tertiary alicyclic amines) is 1. The monoisotopic (exact) mass is 374 g/mol. The van der Waals surface area contributed by atoms with Gasteiger partial charge in [0.2, 0.25) is 0 Å². The summed E-state index contributed by atoms with van der Waals surface area (Å²) < 4.78 is 6.33. The molecule has 1 aromatic rings. The van der Waals surface area contributed by atoms with Crippen molar-refractivity contribution in [2.24, 2.45) is 0 Å². The molecular formula is C22H34N2O3. The van der Waals surface area contributed by atoms with Crippen LogP contribution in [-0.2, 0) is 11.3 Å². The Morgan fingerprint density at radius 1 is 1.19 bits per heavy atom. The smallest absolute Gasteiger partial charge is 0.408 e. The predicted octanol–water partition coefficient (Wildman–Crippen LogP) is 4.37. The zero-order chi connectivity index (χ0) is 19.4. The Balaban J connectivity index is 1.62. The van der Waals surface area contributed by atoms with Gasteiger partial charge in [-0.05, 0) is 45.6 Å². The number of rotatable bonds is 5. The molecule has 1 aromatic carbocycles. The van der Waals surface area contributed by atoms with Crippen LogP contribution in [0.2, 0.25) is 0 Å². The zero-order valence-electron chi connectivity index (χ0n) is 16.9. The van der Waals surface area contributed by atoms with Crippen LogP contribution in [0.15, 0.2) is 30.3 Å². The molecule has 1 heterocycles. The van der Waals surface area contributed by atoms with E-state index in [1.807, 2.05) is 26.8 Å². The summed E-state index contributed by atoms with van der Waals surface area (Å²) in [6, 6.07) is 10.8. The highest BCUT2D eigenvalue weighted by Gasteiger charge is 2.41. The summed E-state index contributed by atoms with van der Waals surface area (Å²) in [6.45, 7) is 8.38. The molecule has 1 aliphatic carbocycles. The molecule has 1 aliphatic heterocycles. The molecule has 1 saturated heterocycles. The molecule has 0 spiro atoms. The summed E-state index contributed by atoms with van der Waals surface area (Å²) in [6.07, 6.45) is 5.04. The fourth-order valence-corrected chi connectivity index (χ4v) is 4.74. The second-order valence-corrected chi connectivity index (χ2v) is 8.95. The number of ether oxygens (including phenoxy) is 1. The van der Waals surface area contributed by atoms with E-state index in [-0.39, 0.29) is 17.7 Å². The number of benzene rings is 1. The van der Waals surface area contributed by atoms with Crippen LogP contribution in [0, 0.1) is 0 Å². The topological polar surface area (TPSA) is 53.0 Å². The standard InChI is InChI=1S/C22H34N2O3/c1-22(2,3)24(21(25)26)18-13-14-23(15-18)19-11-7-8-12-20(19)27-16-17-9-5-4-6-10-17/h4-6,9-10,18-20H,7-8,11-16H2,1-3H3,(H,25,26)/t18-,19?,20?/m1/s1. The highest BCUT2D eigenvalue weighted by molar-refractivity contribution is 5.66. The van der Waals surface area contributed by atoms with Crippen molar-refractivity contribution in [3.63, 3.8) is 0 Å². The first kappa shape index (κ1) is 20.2. The van der Waals surface area contributed by atoms with Gasteiger partial charge in [0.1, 0.15) is 0 Å². The Morgan fingerprint density at radius 2 is 1.89 bits per heavy atom. The van der Waals surface area contributed by atoms with Crippen LogP contribution in [0.5, 0.6) is 0 Å². The van der Waals surface area contributed by atoms with Crippen molar-refractivity contribution < 1.29 is 14.6 Å². The summed E-state index contributed by atoms with van der Waals surface area (Å²) in [4.78, 5) is 16.0. The largest absolute Gasteiger partial charge is 0.465 e. The van der Waals surface area contributed by atoms with E-state index in [2.05, 4.69) is 29.2 Å². The lowest BCUT2D eigenvalue weighted by Crippen LogP contribution is -2.53. The first-order valence-corrected chi connectivity index (χ1v) is 10.3. The third-order valence-corrected chi connectivity index (χ3v) is 5.93. The van der Waals surface area contributed by atoms with Crippen molar-refractivity contribution in [3.05, 3.63) is 35.9 Å². The van der Waals surface area contributed by atoms with Crippen molar-refractivity contribution in [1.82, 2.24) is 9.80 Å². The number of hydrogen-bond acceptors (Lipinski definition) is 3. The van der Waals surface area contributed by atoms with E-state index < -0.39 is 6.09 Å². The molecule has 2 unspecified atom stereocenters. The van der Waals surface area contributed by atoms with Crippen LogP contribution in [0.3, 0.4) is 0 Å². The van der Waals surface area contributed by atoms with Crippen molar-refractivity contribution in [1.29, 1.82) is 0 Å². The fraction of sp³-hybridized carbons (Fsp3) is 0.682. The zero-order valence-corrected chi connectivity index (χ0v) is 16.9. The van der Waals surface area contributed by atoms with Crippen molar-refractivity contribution in [2.45, 2.75) is 83.2 Å². The molecule has 5 heteroatoms. The van der Waals surface area contributed by atoms with Crippen LogP contribution in [-0.4, -0.2) is 57.8 Å². The van der Waals surface area contributed by atoms with Crippen molar-refractivity contribution in [3.8, 4) is 0 Å². The Bertz CT molecular complexity index is 614. The van der Waals surface area contributed by atoms with Gasteiger partial charge in [0.25, 0.3) is 0 Å². The van der Waals surface area contributed by atoms with Gasteiger partial charge in [-0.15, -0.1) is 0 Å². The van der Waals surface area contributed by atoms with E-state index in [9.17, 15) is 9.90 Å². The third-order valence-electron chi connectivity index (χ3n) is 5.93. The van der Waals surface area contributed by atoms with E-state index in [0.717, 1.165) is 32.4 Å². The number of nitrogens with zero attached hydrogens (tertiary/aromatic N) is 2. The molecule has 150 valence electrons. The Hall–Kier alpha value is -1.59. The number of amides is 1. The van der Waals surface area contributed by atoms with E-state index in [1.54, 1.807) is 4.90 Å². The lowest BCUT2D eigenvalue weighted by Gasteiger charge is -2.40. The average Bonchev–Trinajstić information content (AvgIpc) is 3.08. The molecule has 1 saturated carbocycles. The van der Waals surface area contributed by atoms with Crippen LogP contribution >= 0.6 is 0 Å². The first-order chi connectivity index (χ1) is 12.9. The number of carboxylic acid groups (broad SMARTS) is 1. The molecule has 5 nitrogen and oxygen atoms in total. The van der Waals surface area contributed by atoms with Gasteiger partial charge in [-0.25, -0.2) is 4.79 Å². The minimum absolute atomic E-state index is 0.0687. The lowest BCUT2D eigenvalue weighted by atomic mass is 9.91. The summed E-state index contributed by atoms with van der Waals surface area (Å²) in [5.41, 5.74) is 0.841. The summed E-state index contributed by atoms with van der Waals surface area (Å²) in [5.74, 6) is 0. The number of carbonyl (C=O) groups is 1. The molecule has 1 N–H and O–H groups in total. The summed E-state index contributed by atoms with van der Waals surface area (Å²) >= 11 is 0. The van der Waals surface area contributed by atoms with Gasteiger partial charge in [0.15, 0.2) is 0 Å². The van der Waals surface area contributed by atoms with Gasteiger partial charge in [-0.3, -0.25) is 9.80 Å². The molecule has 3 atom stereocenters. The lowest BCUT2D eigenvalue weighted by molar-refractivity contribution is -0.0410. The highest BCUT2D eigenvalue weighted by Crippen LogP contribution is 2.31. The summed E-state index contributed by atoms with van der Waals surface area (Å²) in [5, 5.41) is 9.71. The molecule has 3 rings (SSSR count). The molecule has 2 aliphatic rings. The minimum atomic E-state index is -0.810. The van der Waals surface area contributed by atoms with Crippen molar-refractivity contribution >= 4 is 6.09 Å². The van der Waals surface area contributed by atoms with Crippen LogP contribution in [0.4, 0.5) is 4.79 Å². The maximum Gasteiger partial charge on any atom is 0.408 e. The third kappa shape index (κ3) is 5.02. The second-order valence-electron chi connectivity index (χ2n) is 8.95. The average molecular weight is 375 g/mol. The van der Waals surface area contributed by atoms with Gasteiger partial charge in [-0.2, -0.15) is 0 Å². The van der Waals surface area contributed by atoms with E-state index in [4.69, 9.17) is 4.74 Å². The first-order valence-electron chi connectivity index (χ1n) is 10.3. The quantitative estimate of drug-likeness (QED) is 0.832. The van der Waals surface area contributed by atoms with Gasteiger partial charge < -0.3 is 9.84 Å². The fourth-order valence-electron chi connectivity index (χ4n) is 4.74. The molecule has 2 fully saturated rings. The normalized spacial score (nSPS) is 26.9. The SMILES string of the molecule is CC(C)(C)N(C(=O)O)[C@@H]1CCN(C2CCCCC2OCc2ccccc2)C1. The molecule has 1 amide bonds. The summed E-state index contributed by atoms with van der Waals surface area (Å²) in [7, 11) is 0. The Kier molecular flexibility index (Phi) is 6.43. The Morgan fingerprint density at radius 3 is 2.56 bits per heavy atom. The van der Waals surface area contributed by atoms with Crippen molar-refractivity contribution in [2.75, 3.05) is 13.1 Å². The van der Waals surface area contributed by atoms with Gasteiger partial charge in [0.05, 0.1) is 12.7 Å². The van der Waals surface area contributed by atoms with Crippen LogP contribution in [0.25, 0.3) is 0 Å². The molecule has 0 radical (unpaired) electrons. The van der Waals surface area contributed by atoms with Gasteiger partial charge in [-0.1, -0.05) is 43.2 Å². The van der Waals surface area contributed by atoms with E-state index in [1.165, 1.54) is 18.4 Å². The van der Waals surface area contributed by atoms with Crippen LogP contribution in [0.1, 0.15) is 58.4 Å². The van der Waals surface area contributed by atoms with E-state index in [0.29, 0.717) is 12.6 Å². The van der Waals surface area contributed by atoms with Gasteiger partial charge in [0, 0.05) is 30.7 Å². The second kappa shape index (κ2) is 8.61. The molecule has 27 heavy (non-hydrogen) atoms.